The van der Waals surface area contributed by atoms with E-state index < -0.39 is 5.54 Å². The van der Waals surface area contributed by atoms with Gasteiger partial charge in [0.25, 0.3) is 0 Å². The van der Waals surface area contributed by atoms with E-state index in [4.69, 9.17) is 5.73 Å². The Morgan fingerprint density at radius 3 is 2.79 bits per heavy atom. The Hall–Kier alpha value is -1.88. The van der Waals surface area contributed by atoms with Crippen molar-refractivity contribution >= 4 is 22.6 Å². The molecule has 0 saturated heterocycles. The molecular formula is C14H20N4O. The Morgan fingerprint density at radius 2 is 2.16 bits per heavy atom. The number of carbonyl (C=O) groups excluding carboxylic acids is 1. The molecule has 0 saturated carbocycles. The number of anilines is 1. The van der Waals surface area contributed by atoms with E-state index in [-0.39, 0.29) is 5.91 Å². The monoisotopic (exact) mass is 260 g/mol. The van der Waals surface area contributed by atoms with Crippen LogP contribution in [0.5, 0.6) is 0 Å². The SMILES string of the molecule is CN(C(=O)CC(C)(C)N)c1ccc2c(c1)ncn2C. The number of aryl methyl sites for hydroxylation is 1. The maximum absolute atomic E-state index is 12.1. The van der Waals surface area contributed by atoms with Gasteiger partial charge in [0.15, 0.2) is 0 Å². The zero-order valence-electron chi connectivity index (χ0n) is 11.8. The first-order valence-electron chi connectivity index (χ1n) is 6.24. The minimum Gasteiger partial charge on any atom is -0.334 e. The van der Waals surface area contributed by atoms with E-state index in [1.807, 2.05) is 43.7 Å². The van der Waals surface area contributed by atoms with Crippen LogP contribution >= 0.6 is 0 Å². The summed E-state index contributed by atoms with van der Waals surface area (Å²) in [7, 11) is 3.71. The first kappa shape index (κ1) is 13.5. The Kier molecular flexibility index (Phi) is 3.32. The molecule has 0 aliphatic rings. The summed E-state index contributed by atoms with van der Waals surface area (Å²) in [5.74, 6) is 0.00258. The third-order valence-electron chi connectivity index (χ3n) is 3.08. The fourth-order valence-corrected chi connectivity index (χ4v) is 1.99. The molecule has 1 heterocycles. The number of fused-ring (bicyclic) bond motifs is 1. The zero-order valence-corrected chi connectivity index (χ0v) is 11.8. The second-order valence-corrected chi connectivity index (χ2v) is 5.65. The van der Waals surface area contributed by atoms with E-state index in [9.17, 15) is 4.79 Å². The molecular weight excluding hydrogens is 240 g/mol. The molecule has 2 aromatic rings. The molecule has 5 heteroatoms. The highest BCUT2D eigenvalue weighted by molar-refractivity contribution is 5.95. The van der Waals surface area contributed by atoms with Crippen molar-refractivity contribution in [1.29, 1.82) is 0 Å². The fraction of sp³-hybridized carbons (Fsp3) is 0.429. The molecule has 0 fully saturated rings. The van der Waals surface area contributed by atoms with Crippen LogP contribution in [-0.2, 0) is 11.8 Å². The Morgan fingerprint density at radius 1 is 1.47 bits per heavy atom. The lowest BCUT2D eigenvalue weighted by Crippen LogP contribution is -2.39. The van der Waals surface area contributed by atoms with Crippen molar-refractivity contribution in [1.82, 2.24) is 9.55 Å². The number of aromatic nitrogens is 2. The summed E-state index contributed by atoms with van der Waals surface area (Å²) in [6, 6.07) is 5.80. The number of nitrogens with two attached hydrogens (primary N) is 1. The minimum absolute atomic E-state index is 0.00258. The van der Waals surface area contributed by atoms with Gasteiger partial charge in [0.2, 0.25) is 5.91 Å². The first-order chi connectivity index (χ1) is 8.78. The van der Waals surface area contributed by atoms with E-state index in [0.29, 0.717) is 6.42 Å². The molecule has 1 aromatic heterocycles. The van der Waals surface area contributed by atoms with Gasteiger partial charge in [-0.1, -0.05) is 0 Å². The number of rotatable bonds is 3. The zero-order chi connectivity index (χ0) is 14.2. The van der Waals surface area contributed by atoms with Gasteiger partial charge in [-0.25, -0.2) is 4.98 Å². The van der Waals surface area contributed by atoms with Crippen LogP contribution in [0, 0.1) is 0 Å². The second kappa shape index (κ2) is 4.66. The maximum atomic E-state index is 12.1. The van der Waals surface area contributed by atoms with Crippen molar-refractivity contribution in [3.05, 3.63) is 24.5 Å². The van der Waals surface area contributed by atoms with Crippen molar-refractivity contribution in [3.8, 4) is 0 Å². The number of hydrogen-bond donors (Lipinski definition) is 1. The summed E-state index contributed by atoms with van der Waals surface area (Å²) in [6.07, 6.45) is 2.07. The standard InChI is InChI=1S/C14H20N4O/c1-14(2,15)8-13(19)18(4)10-5-6-12-11(7-10)16-9-17(12)3/h5-7,9H,8,15H2,1-4H3. The largest absolute Gasteiger partial charge is 0.334 e. The molecule has 0 aliphatic heterocycles. The third kappa shape index (κ3) is 2.93. The van der Waals surface area contributed by atoms with Crippen molar-refractivity contribution < 1.29 is 4.79 Å². The summed E-state index contributed by atoms with van der Waals surface area (Å²) in [5.41, 5.74) is 8.14. The van der Waals surface area contributed by atoms with Gasteiger partial charge >= 0.3 is 0 Å². The Balaban J connectivity index is 2.26. The van der Waals surface area contributed by atoms with Gasteiger partial charge in [-0.15, -0.1) is 0 Å². The number of nitrogens with zero attached hydrogens (tertiary/aromatic N) is 3. The molecule has 2 rings (SSSR count). The van der Waals surface area contributed by atoms with Crippen LogP contribution in [0.25, 0.3) is 11.0 Å². The number of hydrogen-bond acceptors (Lipinski definition) is 3. The molecule has 0 spiro atoms. The van der Waals surface area contributed by atoms with Gasteiger partial charge in [0, 0.05) is 31.7 Å². The van der Waals surface area contributed by atoms with E-state index in [1.165, 1.54) is 0 Å². The van der Waals surface area contributed by atoms with Crippen molar-refractivity contribution in [3.63, 3.8) is 0 Å². The lowest BCUT2D eigenvalue weighted by atomic mass is 10.0. The highest BCUT2D eigenvalue weighted by atomic mass is 16.2. The molecule has 0 unspecified atom stereocenters. The molecule has 1 amide bonds. The number of benzene rings is 1. The topological polar surface area (TPSA) is 64.2 Å². The van der Waals surface area contributed by atoms with E-state index >= 15 is 0 Å². The molecule has 2 N–H and O–H groups in total. The molecule has 0 radical (unpaired) electrons. The maximum Gasteiger partial charge on any atom is 0.228 e. The molecule has 0 atom stereocenters. The van der Waals surface area contributed by atoms with Gasteiger partial charge in [-0.3, -0.25) is 4.79 Å². The minimum atomic E-state index is -0.500. The summed E-state index contributed by atoms with van der Waals surface area (Å²) < 4.78 is 1.95. The van der Waals surface area contributed by atoms with Gasteiger partial charge < -0.3 is 15.2 Å². The predicted molar refractivity (Wildman–Crippen MR) is 77.0 cm³/mol. The van der Waals surface area contributed by atoms with Gasteiger partial charge in [0.05, 0.1) is 17.4 Å². The van der Waals surface area contributed by atoms with Gasteiger partial charge in [-0.05, 0) is 32.0 Å². The number of imidazole rings is 1. The average molecular weight is 260 g/mol. The molecule has 19 heavy (non-hydrogen) atoms. The Bertz CT molecular complexity index is 609. The highest BCUT2D eigenvalue weighted by Gasteiger charge is 2.20. The highest BCUT2D eigenvalue weighted by Crippen LogP contribution is 2.21. The van der Waals surface area contributed by atoms with Crippen molar-refractivity contribution in [2.24, 2.45) is 12.8 Å². The predicted octanol–water partition coefficient (Wildman–Crippen LogP) is 1.66. The summed E-state index contributed by atoms with van der Waals surface area (Å²) >= 11 is 0. The van der Waals surface area contributed by atoms with Gasteiger partial charge in [0.1, 0.15) is 0 Å². The third-order valence-corrected chi connectivity index (χ3v) is 3.08. The summed E-state index contributed by atoms with van der Waals surface area (Å²) in [6.45, 7) is 3.70. The normalized spacial score (nSPS) is 11.8. The van der Waals surface area contributed by atoms with Crippen LogP contribution in [0.3, 0.4) is 0 Å². The van der Waals surface area contributed by atoms with Gasteiger partial charge in [-0.2, -0.15) is 0 Å². The first-order valence-corrected chi connectivity index (χ1v) is 6.24. The average Bonchev–Trinajstić information content (AvgIpc) is 2.67. The van der Waals surface area contributed by atoms with Crippen LogP contribution in [-0.4, -0.2) is 28.0 Å². The van der Waals surface area contributed by atoms with Crippen molar-refractivity contribution in [2.45, 2.75) is 25.8 Å². The van der Waals surface area contributed by atoms with Crippen molar-refractivity contribution in [2.75, 3.05) is 11.9 Å². The van der Waals surface area contributed by atoms with E-state index in [2.05, 4.69) is 4.98 Å². The number of amides is 1. The van der Waals surface area contributed by atoms with E-state index in [1.54, 1.807) is 18.3 Å². The van der Waals surface area contributed by atoms with Crippen LogP contribution in [0.15, 0.2) is 24.5 Å². The van der Waals surface area contributed by atoms with Crippen LogP contribution in [0.2, 0.25) is 0 Å². The molecule has 0 aliphatic carbocycles. The van der Waals surface area contributed by atoms with Crippen LogP contribution < -0.4 is 10.6 Å². The second-order valence-electron chi connectivity index (χ2n) is 5.65. The lowest BCUT2D eigenvalue weighted by Gasteiger charge is -2.23. The van der Waals surface area contributed by atoms with Crippen LogP contribution in [0.1, 0.15) is 20.3 Å². The summed E-state index contributed by atoms with van der Waals surface area (Å²) in [4.78, 5) is 18.0. The fourth-order valence-electron chi connectivity index (χ4n) is 1.99. The molecule has 5 nitrogen and oxygen atoms in total. The summed E-state index contributed by atoms with van der Waals surface area (Å²) in [5, 5.41) is 0. The molecule has 0 bridgehead atoms. The smallest absolute Gasteiger partial charge is 0.228 e. The van der Waals surface area contributed by atoms with E-state index in [0.717, 1.165) is 16.7 Å². The Labute approximate surface area is 113 Å². The number of carbonyl (C=O) groups is 1. The lowest BCUT2D eigenvalue weighted by molar-refractivity contribution is -0.119. The molecule has 1 aromatic carbocycles. The quantitative estimate of drug-likeness (QED) is 0.913. The molecule has 102 valence electrons. The van der Waals surface area contributed by atoms with Crippen LogP contribution in [0.4, 0.5) is 5.69 Å².